The minimum Gasteiger partial charge on any atom is -0.481 e. The van der Waals surface area contributed by atoms with Crippen LogP contribution in [0.3, 0.4) is 0 Å². The van der Waals surface area contributed by atoms with Crippen LogP contribution in [-0.2, 0) is 9.53 Å². The molecule has 3 atom stereocenters. The highest BCUT2D eigenvalue weighted by molar-refractivity contribution is 7.08. The van der Waals surface area contributed by atoms with Crippen LogP contribution in [-0.4, -0.2) is 57.8 Å². The van der Waals surface area contributed by atoms with E-state index >= 15 is 0 Å². The molecule has 1 saturated heterocycles. The maximum atomic E-state index is 13.4. The highest BCUT2D eigenvalue weighted by Crippen LogP contribution is 2.33. The SMILES string of the molecule is Cc1nnsc1C(=O)Nc1cc(C(=O)NC(CC(=O)O)c2ccc(Cl)c(Cl)c2)ccc1N1C(C)COCC1C. The smallest absolute Gasteiger partial charge is 0.305 e. The Bertz CT molecular complexity index is 1390. The number of morpholine rings is 1. The summed E-state index contributed by atoms with van der Waals surface area (Å²) in [5.41, 5.74) is 2.38. The first-order chi connectivity index (χ1) is 18.5. The third-order valence-electron chi connectivity index (χ3n) is 6.34. The number of halogens is 2. The average Bonchev–Trinajstić information content (AvgIpc) is 3.31. The van der Waals surface area contributed by atoms with Crippen LogP contribution < -0.4 is 15.5 Å². The van der Waals surface area contributed by atoms with E-state index in [0.29, 0.717) is 40.1 Å². The van der Waals surface area contributed by atoms with Crippen molar-refractivity contribution in [1.29, 1.82) is 0 Å². The number of carboxylic acids is 1. The van der Waals surface area contributed by atoms with Gasteiger partial charge in [0.15, 0.2) is 0 Å². The number of anilines is 2. The molecule has 0 radical (unpaired) electrons. The topological polar surface area (TPSA) is 134 Å². The number of amides is 2. The Labute approximate surface area is 239 Å². The lowest BCUT2D eigenvalue weighted by atomic mass is 10.0. The molecule has 3 unspecified atom stereocenters. The van der Waals surface area contributed by atoms with E-state index in [0.717, 1.165) is 17.2 Å². The molecule has 0 bridgehead atoms. The predicted octanol–water partition coefficient (Wildman–Crippen LogP) is 4.97. The molecule has 0 saturated carbocycles. The van der Waals surface area contributed by atoms with Gasteiger partial charge in [-0.15, -0.1) is 5.10 Å². The Hall–Kier alpha value is -3.25. The molecule has 3 N–H and O–H groups in total. The van der Waals surface area contributed by atoms with Crippen molar-refractivity contribution in [3.05, 3.63) is 68.1 Å². The number of ether oxygens (including phenoxy) is 1. The van der Waals surface area contributed by atoms with Gasteiger partial charge in [0.1, 0.15) is 4.88 Å². The zero-order valence-corrected chi connectivity index (χ0v) is 23.7. The standard InChI is InChI=1S/C26H27Cl2N5O5S/c1-13-11-38-12-14(2)33(13)22-7-5-17(9-21(22)30-26(37)24-15(3)31-32-39-24)25(36)29-20(10-23(34)35)16-4-6-18(27)19(28)8-16/h4-9,13-14,20H,10-12H2,1-3H3,(H,29,36)(H,30,37)(H,34,35). The van der Waals surface area contributed by atoms with E-state index in [2.05, 4.69) is 25.1 Å². The van der Waals surface area contributed by atoms with Crippen molar-refractivity contribution in [1.82, 2.24) is 14.9 Å². The molecule has 39 heavy (non-hydrogen) atoms. The van der Waals surface area contributed by atoms with E-state index < -0.39 is 23.8 Å². The second kappa shape index (κ2) is 12.3. The van der Waals surface area contributed by atoms with Gasteiger partial charge in [-0.05, 0) is 68.2 Å². The molecule has 3 aromatic rings. The van der Waals surface area contributed by atoms with Crippen LogP contribution in [0.4, 0.5) is 11.4 Å². The monoisotopic (exact) mass is 591 g/mol. The minimum absolute atomic E-state index is 0.0190. The maximum absolute atomic E-state index is 13.4. The van der Waals surface area contributed by atoms with Crippen LogP contribution in [0.5, 0.6) is 0 Å². The van der Waals surface area contributed by atoms with E-state index in [4.69, 9.17) is 27.9 Å². The number of aromatic nitrogens is 2. The summed E-state index contributed by atoms with van der Waals surface area (Å²) in [7, 11) is 0. The van der Waals surface area contributed by atoms with Gasteiger partial charge in [0.25, 0.3) is 11.8 Å². The van der Waals surface area contributed by atoms with Crippen LogP contribution in [0.15, 0.2) is 36.4 Å². The highest BCUT2D eigenvalue weighted by Gasteiger charge is 2.29. The van der Waals surface area contributed by atoms with Gasteiger partial charge >= 0.3 is 5.97 Å². The first-order valence-electron chi connectivity index (χ1n) is 12.1. The number of hydrogen-bond acceptors (Lipinski definition) is 8. The summed E-state index contributed by atoms with van der Waals surface area (Å²) in [6.45, 7) is 6.76. The molecule has 2 aromatic carbocycles. The summed E-state index contributed by atoms with van der Waals surface area (Å²) in [5, 5.41) is 19.6. The molecule has 0 aliphatic carbocycles. The van der Waals surface area contributed by atoms with Gasteiger partial charge in [-0.2, -0.15) is 0 Å². The van der Waals surface area contributed by atoms with E-state index in [-0.39, 0.29) is 29.1 Å². The summed E-state index contributed by atoms with van der Waals surface area (Å²) >= 11 is 13.1. The molecule has 0 spiro atoms. The second-order valence-corrected chi connectivity index (χ2v) is 10.9. The number of nitrogens with one attached hydrogen (secondary N) is 2. The van der Waals surface area contributed by atoms with Gasteiger partial charge in [-0.25, -0.2) is 0 Å². The second-order valence-electron chi connectivity index (χ2n) is 9.31. The lowest BCUT2D eigenvalue weighted by Gasteiger charge is -2.41. The number of nitrogens with zero attached hydrogens (tertiary/aromatic N) is 3. The van der Waals surface area contributed by atoms with E-state index in [1.54, 1.807) is 37.3 Å². The number of hydrogen-bond donors (Lipinski definition) is 3. The summed E-state index contributed by atoms with van der Waals surface area (Å²) in [5.74, 6) is -2.01. The molecule has 2 heterocycles. The van der Waals surface area contributed by atoms with Gasteiger partial charge in [-0.3, -0.25) is 14.4 Å². The molecule has 13 heteroatoms. The molecule has 2 amide bonds. The third-order valence-corrected chi connectivity index (χ3v) is 7.91. The van der Waals surface area contributed by atoms with Crippen LogP contribution in [0.25, 0.3) is 0 Å². The molecule has 10 nitrogen and oxygen atoms in total. The summed E-state index contributed by atoms with van der Waals surface area (Å²) in [6.07, 6.45) is -0.369. The van der Waals surface area contributed by atoms with Gasteiger partial charge in [0, 0.05) is 17.6 Å². The van der Waals surface area contributed by atoms with E-state index in [1.165, 1.54) is 6.07 Å². The van der Waals surface area contributed by atoms with Gasteiger partial charge in [0.2, 0.25) is 0 Å². The number of aliphatic carboxylic acids is 1. The Balaban J connectivity index is 1.68. The summed E-state index contributed by atoms with van der Waals surface area (Å²) < 4.78 is 9.50. The Morgan fingerprint density at radius 2 is 1.82 bits per heavy atom. The molecule has 1 fully saturated rings. The zero-order valence-electron chi connectivity index (χ0n) is 21.4. The van der Waals surface area contributed by atoms with E-state index in [1.807, 2.05) is 13.8 Å². The number of carboxylic acid groups (broad SMARTS) is 1. The largest absolute Gasteiger partial charge is 0.481 e. The van der Waals surface area contributed by atoms with Crippen molar-refractivity contribution in [3.8, 4) is 0 Å². The first-order valence-corrected chi connectivity index (χ1v) is 13.7. The summed E-state index contributed by atoms with van der Waals surface area (Å²) in [4.78, 5) is 40.5. The van der Waals surface area contributed by atoms with Crippen LogP contribution in [0.1, 0.15) is 57.6 Å². The fourth-order valence-corrected chi connectivity index (χ4v) is 5.36. The van der Waals surface area contributed by atoms with Crippen molar-refractivity contribution in [2.45, 2.75) is 45.3 Å². The number of carbonyl (C=O) groups excluding carboxylic acids is 2. The van der Waals surface area contributed by atoms with Gasteiger partial charge in [-0.1, -0.05) is 33.8 Å². The maximum Gasteiger partial charge on any atom is 0.305 e. The molecule has 1 aliphatic heterocycles. The molecule has 4 rings (SSSR count). The van der Waals surface area contributed by atoms with Crippen molar-refractivity contribution in [2.75, 3.05) is 23.4 Å². The van der Waals surface area contributed by atoms with Crippen LogP contribution in [0.2, 0.25) is 10.0 Å². The Morgan fingerprint density at radius 1 is 1.10 bits per heavy atom. The molecular weight excluding hydrogens is 565 g/mol. The Kier molecular flexibility index (Phi) is 9.06. The minimum atomic E-state index is -1.10. The first kappa shape index (κ1) is 28.8. The van der Waals surface area contributed by atoms with Crippen molar-refractivity contribution >= 4 is 63.9 Å². The predicted molar refractivity (Wildman–Crippen MR) is 150 cm³/mol. The van der Waals surface area contributed by atoms with Crippen molar-refractivity contribution in [3.63, 3.8) is 0 Å². The molecule has 206 valence electrons. The number of carbonyl (C=O) groups is 3. The fourth-order valence-electron chi connectivity index (χ4n) is 4.50. The molecular formula is C26H27Cl2N5O5S. The Morgan fingerprint density at radius 3 is 2.44 bits per heavy atom. The van der Waals surface area contributed by atoms with Gasteiger partial charge < -0.3 is 25.4 Å². The summed E-state index contributed by atoms with van der Waals surface area (Å²) in [6, 6.07) is 8.84. The van der Waals surface area contributed by atoms with Crippen molar-refractivity contribution < 1.29 is 24.2 Å². The van der Waals surface area contributed by atoms with Gasteiger partial charge in [0.05, 0.1) is 52.8 Å². The molecule has 1 aromatic heterocycles. The lowest BCUT2D eigenvalue weighted by Crippen LogP contribution is -2.50. The zero-order chi connectivity index (χ0) is 28.3. The number of rotatable bonds is 8. The van der Waals surface area contributed by atoms with Crippen molar-refractivity contribution in [2.24, 2.45) is 0 Å². The quantitative estimate of drug-likeness (QED) is 0.334. The normalized spacial score (nSPS) is 17.9. The molecule has 1 aliphatic rings. The van der Waals surface area contributed by atoms with Crippen LogP contribution >= 0.6 is 34.7 Å². The van der Waals surface area contributed by atoms with Crippen LogP contribution in [0, 0.1) is 6.92 Å². The highest BCUT2D eigenvalue weighted by atomic mass is 35.5. The average molecular weight is 593 g/mol. The lowest BCUT2D eigenvalue weighted by molar-refractivity contribution is -0.137. The fraction of sp³-hybridized carbons (Fsp3) is 0.346. The third kappa shape index (κ3) is 6.67. The number of aryl methyl sites for hydroxylation is 1. The van der Waals surface area contributed by atoms with E-state index in [9.17, 15) is 19.5 Å². The number of benzene rings is 2.